The Labute approximate surface area is 145 Å². The second-order valence-electron chi connectivity index (χ2n) is 5.22. The van der Waals surface area contributed by atoms with Gasteiger partial charge in [0.05, 0.1) is 28.4 Å². The van der Waals surface area contributed by atoms with Crippen LogP contribution < -0.4 is 18.9 Å². The molecule has 1 heterocycles. The fourth-order valence-corrected chi connectivity index (χ4v) is 2.53. The molecule has 0 bridgehead atoms. The molecule has 1 aromatic heterocycles. The average Bonchev–Trinajstić information content (AvgIpc) is 3.17. The number of hydrogen-bond acceptors (Lipinski definition) is 6. The summed E-state index contributed by atoms with van der Waals surface area (Å²) >= 11 is 0. The number of methoxy groups -OCH3 is 4. The molecule has 0 atom stereocenters. The Morgan fingerprint density at radius 2 is 1.36 bits per heavy atom. The first-order chi connectivity index (χ1) is 12.2. The molecular formula is C19H19NO5. The van der Waals surface area contributed by atoms with Gasteiger partial charge in [0.1, 0.15) is 11.4 Å². The predicted molar refractivity (Wildman–Crippen MR) is 93.6 cm³/mol. The quantitative estimate of drug-likeness (QED) is 0.674. The van der Waals surface area contributed by atoms with Gasteiger partial charge in [-0.2, -0.15) is 0 Å². The lowest BCUT2D eigenvalue weighted by molar-refractivity contribution is 0.324. The Balaban J connectivity index is 1.98. The zero-order valence-corrected chi connectivity index (χ0v) is 14.5. The number of benzene rings is 2. The van der Waals surface area contributed by atoms with Crippen molar-refractivity contribution in [1.82, 2.24) is 5.16 Å². The normalized spacial score (nSPS) is 10.4. The van der Waals surface area contributed by atoms with Gasteiger partial charge in [-0.1, -0.05) is 5.16 Å². The molecule has 130 valence electrons. The minimum absolute atomic E-state index is 0.531. The molecule has 0 saturated heterocycles. The van der Waals surface area contributed by atoms with Gasteiger partial charge in [-0.3, -0.25) is 0 Å². The first-order valence-corrected chi connectivity index (χ1v) is 7.61. The van der Waals surface area contributed by atoms with Gasteiger partial charge in [0, 0.05) is 17.2 Å². The zero-order chi connectivity index (χ0) is 17.8. The van der Waals surface area contributed by atoms with Gasteiger partial charge in [0.15, 0.2) is 17.3 Å². The third-order valence-electron chi connectivity index (χ3n) is 3.85. The summed E-state index contributed by atoms with van der Waals surface area (Å²) in [5, 5.41) is 4.14. The van der Waals surface area contributed by atoms with Gasteiger partial charge in [-0.15, -0.1) is 0 Å². The summed E-state index contributed by atoms with van der Waals surface area (Å²) in [5.74, 6) is 3.03. The Morgan fingerprint density at radius 3 is 1.88 bits per heavy atom. The molecule has 0 aliphatic carbocycles. The van der Waals surface area contributed by atoms with E-state index in [2.05, 4.69) is 5.16 Å². The van der Waals surface area contributed by atoms with Crippen molar-refractivity contribution >= 4 is 0 Å². The van der Waals surface area contributed by atoms with E-state index in [4.69, 9.17) is 23.5 Å². The van der Waals surface area contributed by atoms with E-state index in [1.54, 1.807) is 28.4 Å². The molecule has 2 aromatic carbocycles. The SMILES string of the molecule is COc1ccc(-c2cc(-c3cc(OC)c(OC)c(OC)c3)on2)cc1. The van der Waals surface area contributed by atoms with Crippen LogP contribution in [0.5, 0.6) is 23.0 Å². The van der Waals surface area contributed by atoms with Crippen LogP contribution in [0, 0.1) is 0 Å². The second kappa shape index (κ2) is 7.17. The zero-order valence-electron chi connectivity index (χ0n) is 14.5. The van der Waals surface area contributed by atoms with E-state index in [-0.39, 0.29) is 0 Å². The van der Waals surface area contributed by atoms with Gasteiger partial charge in [-0.25, -0.2) is 0 Å². The standard InChI is InChI=1S/C19H19NO5/c1-21-14-7-5-12(6-8-14)15-11-16(25-20-15)13-9-17(22-2)19(24-4)18(10-13)23-3/h5-11H,1-4H3. The largest absolute Gasteiger partial charge is 0.497 e. The van der Waals surface area contributed by atoms with E-state index in [1.165, 1.54) is 0 Å². The van der Waals surface area contributed by atoms with E-state index in [1.807, 2.05) is 42.5 Å². The molecule has 6 nitrogen and oxygen atoms in total. The summed E-state index contributed by atoms with van der Waals surface area (Å²) in [4.78, 5) is 0. The summed E-state index contributed by atoms with van der Waals surface area (Å²) in [7, 11) is 6.35. The van der Waals surface area contributed by atoms with Crippen molar-refractivity contribution in [3.05, 3.63) is 42.5 Å². The van der Waals surface area contributed by atoms with Gasteiger partial charge in [-0.05, 0) is 36.4 Å². The minimum Gasteiger partial charge on any atom is -0.497 e. The average molecular weight is 341 g/mol. The maximum absolute atomic E-state index is 5.50. The lowest BCUT2D eigenvalue weighted by Crippen LogP contribution is -1.95. The van der Waals surface area contributed by atoms with E-state index < -0.39 is 0 Å². The summed E-state index contributed by atoms with van der Waals surface area (Å²) in [5.41, 5.74) is 2.44. The molecule has 6 heteroatoms. The van der Waals surface area contributed by atoms with Crippen molar-refractivity contribution in [2.45, 2.75) is 0 Å². The first-order valence-electron chi connectivity index (χ1n) is 7.61. The predicted octanol–water partition coefficient (Wildman–Crippen LogP) is 4.04. The maximum Gasteiger partial charge on any atom is 0.203 e. The van der Waals surface area contributed by atoms with Crippen LogP contribution in [0.15, 0.2) is 47.0 Å². The van der Waals surface area contributed by atoms with E-state index >= 15 is 0 Å². The molecule has 3 aromatic rings. The second-order valence-corrected chi connectivity index (χ2v) is 5.22. The Morgan fingerprint density at radius 1 is 0.720 bits per heavy atom. The number of ether oxygens (including phenoxy) is 4. The number of hydrogen-bond donors (Lipinski definition) is 0. The molecule has 0 aliphatic heterocycles. The van der Waals surface area contributed by atoms with Crippen molar-refractivity contribution in [2.24, 2.45) is 0 Å². The number of rotatable bonds is 6. The lowest BCUT2D eigenvalue weighted by atomic mass is 10.1. The van der Waals surface area contributed by atoms with Gasteiger partial charge in [0.25, 0.3) is 0 Å². The van der Waals surface area contributed by atoms with Crippen LogP contribution in [-0.2, 0) is 0 Å². The molecule has 0 aliphatic rings. The highest BCUT2D eigenvalue weighted by Crippen LogP contribution is 2.41. The van der Waals surface area contributed by atoms with Crippen LogP contribution in [0.1, 0.15) is 0 Å². The van der Waals surface area contributed by atoms with Crippen molar-refractivity contribution in [2.75, 3.05) is 28.4 Å². The van der Waals surface area contributed by atoms with Crippen molar-refractivity contribution in [3.8, 4) is 45.6 Å². The van der Waals surface area contributed by atoms with E-state index in [9.17, 15) is 0 Å². The molecule has 0 radical (unpaired) electrons. The fraction of sp³-hybridized carbons (Fsp3) is 0.211. The van der Waals surface area contributed by atoms with E-state index in [0.29, 0.717) is 23.0 Å². The fourth-order valence-electron chi connectivity index (χ4n) is 2.53. The third kappa shape index (κ3) is 3.24. The Bertz CT molecular complexity index is 830. The highest BCUT2D eigenvalue weighted by Gasteiger charge is 2.17. The van der Waals surface area contributed by atoms with Crippen LogP contribution in [0.25, 0.3) is 22.6 Å². The van der Waals surface area contributed by atoms with Crippen molar-refractivity contribution in [3.63, 3.8) is 0 Å². The Kier molecular flexibility index (Phi) is 4.79. The molecule has 0 fully saturated rings. The third-order valence-corrected chi connectivity index (χ3v) is 3.85. The topological polar surface area (TPSA) is 63.0 Å². The summed E-state index contributed by atoms with van der Waals surface area (Å²) in [6.45, 7) is 0. The van der Waals surface area contributed by atoms with Gasteiger partial charge < -0.3 is 23.5 Å². The lowest BCUT2D eigenvalue weighted by Gasteiger charge is -2.12. The van der Waals surface area contributed by atoms with Crippen LogP contribution in [0.2, 0.25) is 0 Å². The smallest absolute Gasteiger partial charge is 0.203 e. The Hall–Kier alpha value is -3.15. The summed E-state index contributed by atoms with van der Waals surface area (Å²) < 4.78 is 26.8. The molecule has 0 unspecified atom stereocenters. The molecular weight excluding hydrogens is 322 g/mol. The van der Waals surface area contributed by atoms with E-state index in [0.717, 1.165) is 22.6 Å². The van der Waals surface area contributed by atoms with Crippen molar-refractivity contribution < 1.29 is 23.5 Å². The summed E-state index contributed by atoms with van der Waals surface area (Å²) in [6, 6.07) is 13.1. The maximum atomic E-state index is 5.50. The molecule has 0 amide bonds. The van der Waals surface area contributed by atoms with Crippen LogP contribution in [0.3, 0.4) is 0 Å². The molecule has 3 rings (SSSR count). The molecule has 0 saturated carbocycles. The van der Waals surface area contributed by atoms with Crippen LogP contribution >= 0.6 is 0 Å². The minimum atomic E-state index is 0.531. The van der Waals surface area contributed by atoms with Crippen LogP contribution in [-0.4, -0.2) is 33.6 Å². The van der Waals surface area contributed by atoms with Crippen molar-refractivity contribution in [1.29, 1.82) is 0 Å². The molecule has 0 spiro atoms. The number of nitrogens with zero attached hydrogens (tertiary/aromatic N) is 1. The monoisotopic (exact) mass is 341 g/mol. The summed E-state index contributed by atoms with van der Waals surface area (Å²) in [6.07, 6.45) is 0. The highest BCUT2D eigenvalue weighted by atomic mass is 16.5. The number of aromatic nitrogens is 1. The first kappa shape index (κ1) is 16.7. The highest BCUT2D eigenvalue weighted by molar-refractivity contribution is 5.71. The van der Waals surface area contributed by atoms with Gasteiger partial charge in [0.2, 0.25) is 5.75 Å². The van der Waals surface area contributed by atoms with Crippen LogP contribution in [0.4, 0.5) is 0 Å². The van der Waals surface area contributed by atoms with Gasteiger partial charge >= 0.3 is 0 Å². The molecule has 25 heavy (non-hydrogen) atoms. The molecule has 0 N–H and O–H groups in total.